The van der Waals surface area contributed by atoms with Crippen molar-refractivity contribution in [2.45, 2.75) is 45.2 Å². The Kier molecular flexibility index (Phi) is 2.54. The summed E-state index contributed by atoms with van der Waals surface area (Å²) in [5.41, 5.74) is 0.0537. The lowest BCUT2D eigenvalue weighted by Crippen LogP contribution is -2.54. The van der Waals surface area contributed by atoms with Crippen molar-refractivity contribution in [3.63, 3.8) is 0 Å². The quantitative estimate of drug-likeness (QED) is 0.628. The maximum absolute atomic E-state index is 11.8. The standard InChI is InChI=1S/C10H18NO2/c1-9(2)5-8(7-12)6-10(3,4)11(9)13/h5,12H,6-7H2,1-4H3. The van der Waals surface area contributed by atoms with E-state index in [0.29, 0.717) is 6.42 Å². The molecule has 13 heavy (non-hydrogen) atoms. The van der Waals surface area contributed by atoms with E-state index in [2.05, 4.69) is 0 Å². The van der Waals surface area contributed by atoms with Crippen LogP contribution in [0.5, 0.6) is 0 Å². The summed E-state index contributed by atoms with van der Waals surface area (Å²) in [6.45, 7) is 7.61. The molecule has 0 fully saturated rings. The van der Waals surface area contributed by atoms with Gasteiger partial charge in [0.15, 0.2) is 0 Å². The van der Waals surface area contributed by atoms with Gasteiger partial charge in [-0.05, 0) is 39.7 Å². The van der Waals surface area contributed by atoms with Crippen LogP contribution in [0.25, 0.3) is 0 Å². The Bertz CT molecular complexity index is 231. The molecule has 0 atom stereocenters. The highest BCUT2D eigenvalue weighted by molar-refractivity contribution is 5.19. The third kappa shape index (κ3) is 1.93. The van der Waals surface area contributed by atoms with E-state index in [-0.39, 0.29) is 6.61 Å². The molecule has 0 saturated carbocycles. The van der Waals surface area contributed by atoms with E-state index >= 15 is 0 Å². The van der Waals surface area contributed by atoms with Crippen molar-refractivity contribution in [3.8, 4) is 0 Å². The lowest BCUT2D eigenvalue weighted by Gasteiger charge is -2.45. The normalized spacial score (nSPS) is 27.1. The van der Waals surface area contributed by atoms with Crippen LogP contribution in [0.15, 0.2) is 11.6 Å². The van der Waals surface area contributed by atoms with E-state index in [1.165, 1.54) is 0 Å². The van der Waals surface area contributed by atoms with Crippen LogP contribution < -0.4 is 0 Å². The number of hydroxylamine groups is 2. The minimum absolute atomic E-state index is 0.0562. The zero-order chi connectivity index (χ0) is 10.3. The zero-order valence-corrected chi connectivity index (χ0v) is 8.79. The monoisotopic (exact) mass is 184 g/mol. The van der Waals surface area contributed by atoms with Crippen molar-refractivity contribution in [2.24, 2.45) is 0 Å². The van der Waals surface area contributed by atoms with Gasteiger partial charge in [-0.25, -0.2) is 0 Å². The topological polar surface area (TPSA) is 43.4 Å². The summed E-state index contributed by atoms with van der Waals surface area (Å²) in [5.74, 6) is 0. The number of aliphatic hydroxyl groups excluding tert-OH is 1. The molecule has 0 amide bonds. The number of rotatable bonds is 1. The first kappa shape index (κ1) is 10.7. The summed E-state index contributed by atoms with van der Waals surface area (Å²) in [6.07, 6.45) is 2.52. The van der Waals surface area contributed by atoms with Crippen molar-refractivity contribution in [1.29, 1.82) is 0 Å². The summed E-state index contributed by atoms with van der Waals surface area (Å²) >= 11 is 0. The van der Waals surface area contributed by atoms with Crippen LogP contribution in [0.4, 0.5) is 0 Å². The maximum atomic E-state index is 11.8. The van der Waals surface area contributed by atoms with E-state index < -0.39 is 11.1 Å². The summed E-state index contributed by atoms with van der Waals surface area (Å²) in [4.78, 5) is 0. The van der Waals surface area contributed by atoms with Gasteiger partial charge in [-0.2, -0.15) is 0 Å². The molecular weight excluding hydrogens is 166 g/mol. The molecule has 3 heteroatoms. The summed E-state index contributed by atoms with van der Waals surface area (Å²) in [7, 11) is 0. The second-order valence-corrected chi connectivity index (χ2v) is 4.90. The molecule has 0 aromatic heterocycles. The fraction of sp³-hybridized carbons (Fsp3) is 0.800. The smallest absolute Gasteiger partial charge is 0.0643 e. The summed E-state index contributed by atoms with van der Waals surface area (Å²) in [6, 6.07) is 0. The third-order valence-electron chi connectivity index (χ3n) is 2.49. The predicted molar refractivity (Wildman–Crippen MR) is 50.5 cm³/mol. The van der Waals surface area contributed by atoms with E-state index in [0.717, 1.165) is 10.6 Å². The lowest BCUT2D eigenvalue weighted by atomic mass is 9.83. The van der Waals surface area contributed by atoms with E-state index in [9.17, 15) is 5.21 Å². The SMILES string of the molecule is CC1(C)C=C(CO)CC(C)(C)N1[O]. The van der Waals surface area contributed by atoms with Gasteiger partial charge in [0.2, 0.25) is 0 Å². The average Bonchev–Trinajstić information content (AvgIpc) is 1.99. The van der Waals surface area contributed by atoms with Crippen LogP contribution in [0.1, 0.15) is 34.1 Å². The summed E-state index contributed by atoms with van der Waals surface area (Å²) < 4.78 is 0. The molecule has 1 aliphatic heterocycles. The average molecular weight is 184 g/mol. The van der Waals surface area contributed by atoms with Crippen molar-refractivity contribution in [2.75, 3.05) is 6.61 Å². The summed E-state index contributed by atoms with van der Waals surface area (Å²) in [5, 5.41) is 22.0. The van der Waals surface area contributed by atoms with E-state index in [4.69, 9.17) is 5.11 Å². The molecule has 1 aliphatic rings. The van der Waals surface area contributed by atoms with E-state index in [1.807, 2.05) is 33.8 Å². The lowest BCUT2D eigenvalue weighted by molar-refractivity contribution is -0.263. The minimum atomic E-state index is -0.500. The fourth-order valence-electron chi connectivity index (χ4n) is 2.12. The van der Waals surface area contributed by atoms with Gasteiger partial charge in [-0.1, -0.05) is 6.08 Å². The van der Waals surface area contributed by atoms with Gasteiger partial charge in [0.25, 0.3) is 0 Å². The van der Waals surface area contributed by atoms with Gasteiger partial charge in [0.1, 0.15) is 0 Å². The Morgan fingerprint density at radius 1 is 1.46 bits per heavy atom. The van der Waals surface area contributed by atoms with Crippen LogP contribution in [0.3, 0.4) is 0 Å². The molecule has 0 unspecified atom stereocenters. The Hall–Kier alpha value is -0.380. The van der Waals surface area contributed by atoms with Crippen LogP contribution >= 0.6 is 0 Å². The highest BCUT2D eigenvalue weighted by atomic mass is 16.5. The minimum Gasteiger partial charge on any atom is -0.392 e. The molecule has 0 spiro atoms. The van der Waals surface area contributed by atoms with E-state index in [1.54, 1.807) is 0 Å². The molecule has 1 N–H and O–H groups in total. The third-order valence-corrected chi connectivity index (χ3v) is 2.49. The first-order valence-electron chi connectivity index (χ1n) is 4.58. The number of hydrogen-bond acceptors (Lipinski definition) is 2. The van der Waals surface area contributed by atoms with Crippen LogP contribution in [0.2, 0.25) is 0 Å². The molecule has 0 aliphatic carbocycles. The van der Waals surface area contributed by atoms with Gasteiger partial charge in [0, 0.05) is 5.54 Å². The molecule has 0 bridgehead atoms. The molecule has 75 valence electrons. The van der Waals surface area contributed by atoms with Gasteiger partial charge in [0.05, 0.1) is 12.1 Å². The van der Waals surface area contributed by atoms with Crippen molar-refractivity contribution >= 4 is 0 Å². The first-order valence-corrected chi connectivity index (χ1v) is 4.58. The Balaban J connectivity index is 3.01. The molecular formula is C10H18NO2. The Labute approximate surface area is 79.6 Å². The molecule has 0 saturated heterocycles. The van der Waals surface area contributed by atoms with Crippen molar-refractivity contribution in [3.05, 3.63) is 11.6 Å². The zero-order valence-electron chi connectivity index (χ0n) is 8.79. The highest BCUT2D eigenvalue weighted by Crippen LogP contribution is 2.35. The second kappa shape index (κ2) is 3.08. The van der Waals surface area contributed by atoms with Crippen LogP contribution in [0, 0.1) is 0 Å². The van der Waals surface area contributed by atoms with Crippen LogP contribution in [-0.2, 0) is 5.21 Å². The predicted octanol–water partition coefficient (Wildman–Crippen LogP) is 1.51. The molecule has 0 aromatic rings. The number of aliphatic hydroxyl groups is 1. The maximum Gasteiger partial charge on any atom is 0.0643 e. The van der Waals surface area contributed by atoms with Gasteiger partial charge < -0.3 is 5.11 Å². The molecule has 0 aromatic carbocycles. The largest absolute Gasteiger partial charge is 0.392 e. The van der Waals surface area contributed by atoms with Crippen molar-refractivity contribution in [1.82, 2.24) is 5.06 Å². The van der Waals surface area contributed by atoms with Gasteiger partial charge in [-0.15, -0.1) is 10.3 Å². The second-order valence-electron chi connectivity index (χ2n) is 4.90. The van der Waals surface area contributed by atoms with Gasteiger partial charge >= 0.3 is 0 Å². The molecule has 3 nitrogen and oxygen atoms in total. The number of nitrogens with zero attached hydrogens (tertiary/aromatic N) is 1. The Morgan fingerprint density at radius 2 is 2.00 bits per heavy atom. The highest BCUT2D eigenvalue weighted by Gasteiger charge is 2.41. The van der Waals surface area contributed by atoms with Crippen molar-refractivity contribution < 1.29 is 10.3 Å². The molecule has 1 rings (SSSR count). The first-order chi connectivity index (χ1) is 5.79. The van der Waals surface area contributed by atoms with Crippen LogP contribution in [-0.4, -0.2) is 27.9 Å². The number of hydrogen-bond donors (Lipinski definition) is 1. The molecule has 1 radical (unpaired) electrons. The van der Waals surface area contributed by atoms with Gasteiger partial charge in [-0.3, -0.25) is 0 Å². The Morgan fingerprint density at radius 3 is 2.38 bits per heavy atom. The molecule has 1 heterocycles. The fourth-order valence-corrected chi connectivity index (χ4v) is 2.12.